The molecule has 1 atom stereocenters. The van der Waals surface area contributed by atoms with E-state index in [1.165, 1.54) is 18.5 Å². The summed E-state index contributed by atoms with van der Waals surface area (Å²) < 4.78 is 5.36. The van der Waals surface area contributed by atoms with Gasteiger partial charge in [-0.1, -0.05) is 0 Å². The number of rotatable bonds is 3. The second-order valence-electron chi connectivity index (χ2n) is 4.06. The summed E-state index contributed by atoms with van der Waals surface area (Å²) in [7, 11) is 0. The highest BCUT2D eigenvalue weighted by Crippen LogP contribution is 2.31. The first kappa shape index (κ1) is 8.68. The summed E-state index contributed by atoms with van der Waals surface area (Å²) in [5, 5.41) is 6.69. The lowest BCUT2D eigenvalue weighted by Gasteiger charge is -2.01. The van der Waals surface area contributed by atoms with Gasteiger partial charge < -0.3 is 10.1 Å². The standard InChI is InChI=1S/C10H14N2OS/c1-2-8(1)11-10-12-9(6-14-10)7-3-4-13-5-7/h6-8H,1-5H2,(H,11,12). The zero-order valence-electron chi connectivity index (χ0n) is 8.03. The van der Waals surface area contributed by atoms with E-state index < -0.39 is 0 Å². The number of ether oxygens (including phenoxy) is 1. The van der Waals surface area contributed by atoms with Gasteiger partial charge in [-0.05, 0) is 19.3 Å². The van der Waals surface area contributed by atoms with Crippen LogP contribution in [-0.2, 0) is 4.74 Å². The van der Waals surface area contributed by atoms with Crippen molar-refractivity contribution in [2.45, 2.75) is 31.2 Å². The van der Waals surface area contributed by atoms with Gasteiger partial charge in [-0.2, -0.15) is 0 Å². The smallest absolute Gasteiger partial charge is 0.183 e. The van der Waals surface area contributed by atoms with E-state index in [1.807, 2.05) is 0 Å². The van der Waals surface area contributed by atoms with E-state index in [-0.39, 0.29) is 0 Å². The van der Waals surface area contributed by atoms with Gasteiger partial charge >= 0.3 is 0 Å². The van der Waals surface area contributed by atoms with Gasteiger partial charge in [0.05, 0.1) is 12.3 Å². The molecule has 3 nitrogen and oxygen atoms in total. The molecule has 1 aliphatic heterocycles. The van der Waals surface area contributed by atoms with E-state index in [0.717, 1.165) is 24.8 Å². The topological polar surface area (TPSA) is 34.2 Å². The molecule has 1 aromatic heterocycles. The fourth-order valence-electron chi connectivity index (χ4n) is 1.71. The Morgan fingerprint density at radius 1 is 1.43 bits per heavy atom. The number of thiazole rings is 1. The average Bonchev–Trinajstić information content (AvgIpc) is 2.71. The molecule has 2 heterocycles. The molecule has 0 radical (unpaired) electrons. The molecule has 2 aliphatic rings. The lowest BCUT2D eigenvalue weighted by atomic mass is 10.1. The van der Waals surface area contributed by atoms with Crippen molar-refractivity contribution in [3.05, 3.63) is 11.1 Å². The Morgan fingerprint density at radius 3 is 3.07 bits per heavy atom. The molecule has 4 heteroatoms. The van der Waals surface area contributed by atoms with E-state index in [0.29, 0.717) is 12.0 Å². The minimum absolute atomic E-state index is 0.543. The van der Waals surface area contributed by atoms with Crippen molar-refractivity contribution in [2.24, 2.45) is 0 Å². The van der Waals surface area contributed by atoms with Crippen LogP contribution in [0.2, 0.25) is 0 Å². The Balaban J connectivity index is 1.68. The Morgan fingerprint density at radius 2 is 2.36 bits per heavy atom. The summed E-state index contributed by atoms with van der Waals surface area (Å²) in [5.74, 6) is 0.543. The first-order valence-electron chi connectivity index (χ1n) is 5.21. The quantitative estimate of drug-likeness (QED) is 0.830. The van der Waals surface area contributed by atoms with Gasteiger partial charge in [-0.15, -0.1) is 11.3 Å². The SMILES string of the molecule is c1sc(NC2CC2)nc1C1CCOC1. The summed E-state index contributed by atoms with van der Waals surface area (Å²) in [6.45, 7) is 1.75. The molecule has 0 bridgehead atoms. The van der Waals surface area contributed by atoms with Crippen LogP contribution in [0.3, 0.4) is 0 Å². The molecular weight excluding hydrogens is 196 g/mol. The molecule has 0 amide bonds. The fourth-order valence-corrected chi connectivity index (χ4v) is 2.58. The lowest BCUT2D eigenvalue weighted by Crippen LogP contribution is -2.02. The van der Waals surface area contributed by atoms with Crippen LogP contribution in [0.5, 0.6) is 0 Å². The monoisotopic (exact) mass is 210 g/mol. The Kier molecular flexibility index (Phi) is 2.18. The molecule has 1 aliphatic carbocycles. The van der Waals surface area contributed by atoms with Crippen LogP contribution < -0.4 is 5.32 Å². The highest BCUT2D eigenvalue weighted by molar-refractivity contribution is 7.13. The average molecular weight is 210 g/mol. The van der Waals surface area contributed by atoms with Crippen molar-refractivity contribution in [3.63, 3.8) is 0 Å². The molecular formula is C10H14N2OS. The number of anilines is 1. The fraction of sp³-hybridized carbons (Fsp3) is 0.700. The highest BCUT2D eigenvalue weighted by atomic mass is 32.1. The molecule has 2 fully saturated rings. The third kappa shape index (κ3) is 1.77. The Bertz CT molecular complexity index is 316. The number of hydrogen-bond donors (Lipinski definition) is 1. The maximum absolute atomic E-state index is 5.36. The second kappa shape index (κ2) is 3.51. The van der Waals surface area contributed by atoms with Gasteiger partial charge in [0.2, 0.25) is 0 Å². The third-order valence-electron chi connectivity index (χ3n) is 2.77. The van der Waals surface area contributed by atoms with Crippen LogP contribution in [0.15, 0.2) is 5.38 Å². The second-order valence-corrected chi connectivity index (χ2v) is 4.91. The third-order valence-corrected chi connectivity index (χ3v) is 3.57. The van der Waals surface area contributed by atoms with Crippen molar-refractivity contribution in [1.82, 2.24) is 4.98 Å². The van der Waals surface area contributed by atoms with E-state index >= 15 is 0 Å². The number of nitrogens with zero attached hydrogens (tertiary/aromatic N) is 1. The van der Waals surface area contributed by atoms with Crippen LogP contribution in [0.4, 0.5) is 5.13 Å². The molecule has 0 spiro atoms. The van der Waals surface area contributed by atoms with E-state index in [1.54, 1.807) is 11.3 Å². The minimum atomic E-state index is 0.543. The van der Waals surface area contributed by atoms with Crippen LogP contribution in [0.25, 0.3) is 0 Å². The normalized spacial score (nSPS) is 26.7. The molecule has 1 aromatic rings. The van der Waals surface area contributed by atoms with Crippen molar-refractivity contribution < 1.29 is 4.74 Å². The molecule has 3 rings (SSSR count). The van der Waals surface area contributed by atoms with Crippen molar-refractivity contribution in [1.29, 1.82) is 0 Å². The summed E-state index contributed by atoms with van der Waals surface area (Å²) in [4.78, 5) is 4.60. The van der Waals surface area contributed by atoms with Gasteiger partial charge in [-0.3, -0.25) is 0 Å². The predicted molar refractivity (Wildman–Crippen MR) is 56.9 cm³/mol. The summed E-state index contributed by atoms with van der Waals surface area (Å²) in [5.41, 5.74) is 1.22. The first-order chi connectivity index (χ1) is 6.92. The highest BCUT2D eigenvalue weighted by Gasteiger charge is 2.24. The van der Waals surface area contributed by atoms with Crippen LogP contribution in [0.1, 0.15) is 30.9 Å². The molecule has 76 valence electrons. The minimum Gasteiger partial charge on any atom is -0.381 e. The molecule has 0 aromatic carbocycles. The molecule has 1 saturated carbocycles. The van der Waals surface area contributed by atoms with Crippen LogP contribution in [0, 0.1) is 0 Å². The summed E-state index contributed by atoms with van der Waals surface area (Å²) in [6.07, 6.45) is 3.75. The first-order valence-corrected chi connectivity index (χ1v) is 6.09. The zero-order valence-corrected chi connectivity index (χ0v) is 8.85. The Hall–Kier alpha value is -0.610. The maximum atomic E-state index is 5.36. The molecule has 1 unspecified atom stereocenters. The van der Waals surface area contributed by atoms with E-state index in [9.17, 15) is 0 Å². The largest absolute Gasteiger partial charge is 0.381 e. The van der Waals surface area contributed by atoms with Gasteiger partial charge in [0.25, 0.3) is 0 Å². The lowest BCUT2D eigenvalue weighted by molar-refractivity contribution is 0.193. The summed E-state index contributed by atoms with van der Waals surface area (Å²) in [6, 6.07) is 0.703. The van der Waals surface area contributed by atoms with Crippen molar-refractivity contribution in [3.8, 4) is 0 Å². The van der Waals surface area contributed by atoms with Crippen molar-refractivity contribution in [2.75, 3.05) is 18.5 Å². The molecule has 1 saturated heterocycles. The van der Waals surface area contributed by atoms with Gasteiger partial charge in [0.15, 0.2) is 5.13 Å². The van der Waals surface area contributed by atoms with E-state index in [4.69, 9.17) is 4.74 Å². The number of hydrogen-bond acceptors (Lipinski definition) is 4. The van der Waals surface area contributed by atoms with Crippen LogP contribution >= 0.6 is 11.3 Å². The molecule has 14 heavy (non-hydrogen) atoms. The predicted octanol–water partition coefficient (Wildman–Crippen LogP) is 2.22. The summed E-state index contributed by atoms with van der Waals surface area (Å²) >= 11 is 1.73. The maximum Gasteiger partial charge on any atom is 0.183 e. The van der Waals surface area contributed by atoms with Gasteiger partial charge in [0.1, 0.15) is 0 Å². The zero-order chi connectivity index (χ0) is 9.38. The van der Waals surface area contributed by atoms with E-state index in [2.05, 4.69) is 15.7 Å². The van der Waals surface area contributed by atoms with Gasteiger partial charge in [0, 0.05) is 23.9 Å². The number of aromatic nitrogens is 1. The van der Waals surface area contributed by atoms with Crippen LogP contribution in [-0.4, -0.2) is 24.2 Å². The van der Waals surface area contributed by atoms with Gasteiger partial charge in [-0.25, -0.2) is 4.98 Å². The number of nitrogens with one attached hydrogen (secondary N) is 1. The van der Waals surface area contributed by atoms with Crippen molar-refractivity contribution >= 4 is 16.5 Å². The molecule has 1 N–H and O–H groups in total. The Labute approximate surface area is 87.5 Å².